The lowest BCUT2D eigenvalue weighted by molar-refractivity contribution is -0.143. The molecule has 226 valence electrons. The Morgan fingerprint density at radius 1 is 1.00 bits per heavy atom. The van der Waals surface area contributed by atoms with Crippen molar-refractivity contribution in [1.82, 2.24) is 30.4 Å². The molecule has 2 aromatic heterocycles. The highest BCUT2D eigenvalue weighted by molar-refractivity contribution is 5.88. The number of ether oxygens (including phenoxy) is 3. The number of hydrogen-bond donors (Lipinski definition) is 1. The van der Waals surface area contributed by atoms with E-state index in [1.807, 2.05) is 24.3 Å². The number of nitrogens with one attached hydrogen (secondary N) is 1. The van der Waals surface area contributed by atoms with Crippen LogP contribution in [0.15, 0.2) is 59.0 Å². The Morgan fingerprint density at radius 2 is 1.74 bits per heavy atom. The number of hydrogen-bond acceptors (Lipinski definition) is 9. The van der Waals surface area contributed by atoms with E-state index in [-0.39, 0.29) is 30.9 Å². The Hall–Kier alpha value is -4.87. The van der Waals surface area contributed by atoms with E-state index in [0.29, 0.717) is 40.2 Å². The van der Waals surface area contributed by atoms with E-state index >= 15 is 0 Å². The second kappa shape index (κ2) is 13.4. The number of carbonyl (C=O) groups is 2. The van der Waals surface area contributed by atoms with Gasteiger partial charge in [0.1, 0.15) is 23.8 Å². The molecule has 0 bridgehead atoms. The second-order valence-electron chi connectivity index (χ2n) is 10.4. The number of tetrazole rings is 1. The molecule has 1 aliphatic rings. The molecular weight excluding hydrogens is 552 g/mol. The SMILES string of the molecule is COc1ccc(CN(C(=O)Cn2nnc(-c3ccc(OC)c(OC)c3)n2)[C@H](C(=O)NC2CCCC2)c2ccc(C)o2)cc1. The maximum absolute atomic E-state index is 14.0. The van der Waals surface area contributed by atoms with Gasteiger partial charge in [0.2, 0.25) is 11.7 Å². The molecule has 12 nitrogen and oxygen atoms in total. The van der Waals surface area contributed by atoms with Crippen molar-refractivity contribution in [3.05, 3.63) is 71.7 Å². The van der Waals surface area contributed by atoms with E-state index in [1.54, 1.807) is 58.6 Å². The summed E-state index contributed by atoms with van der Waals surface area (Å²) in [5.74, 6) is 2.44. The molecule has 1 aliphatic carbocycles. The van der Waals surface area contributed by atoms with E-state index < -0.39 is 6.04 Å². The molecule has 2 amide bonds. The van der Waals surface area contributed by atoms with Crippen LogP contribution in [-0.2, 0) is 22.7 Å². The van der Waals surface area contributed by atoms with Crippen LogP contribution in [0.3, 0.4) is 0 Å². The van der Waals surface area contributed by atoms with Crippen LogP contribution >= 0.6 is 0 Å². The van der Waals surface area contributed by atoms with Gasteiger partial charge in [-0.05, 0) is 73.0 Å². The lowest BCUT2D eigenvalue weighted by Crippen LogP contribution is -2.46. The molecule has 1 saturated carbocycles. The number of benzene rings is 2. The van der Waals surface area contributed by atoms with Crippen LogP contribution in [0, 0.1) is 6.92 Å². The van der Waals surface area contributed by atoms with Gasteiger partial charge >= 0.3 is 0 Å². The van der Waals surface area contributed by atoms with Crippen LogP contribution in [-0.4, -0.2) is 64.3 Å². The fraction of sp³-hybridized carbons (Fsp3) is 0.387. The summed E-state index contributed by atoms with van der Waals surface area (Å²) in [6.07, 6.45) is 3.93. The number of aryl methyl sites for hydroxylation is 1. The summed E-state index contributed by atoms with van der Waals surface area (Å²) in [7, 11) is 4.69. The van der Waals surface area contributed by atoms with Gasteiger partial charge in [0, 0.05) is 18.2 Å². The second-order valence-corrected chi connectivity index (χ2v) is 10.4. The molecule has 0 radical (unpaired) electrons. The molecule has 4 aromatic rings. The molecule has 2 heterocycles. The van der Waals surface area contributed by atoms with Crippen molar-refractivity contribution >= 4 is 11.8 Å². The van der Waals surface area contributed by atoms with Crippen LogP contribution in [0.1, 0.15) is 48.8 Å². The summed E-state index contributed by atoms with van der Waals surface area (Å²) in [6.45, 7) is 1.70. The third-order valence-corrected chi connectivity index (χ3v) is 7.50. The summed E-state index contributed by atoms with van der Waals surface area (Å²) >= 11 is 0. The van der Waals surface area contributed by atoms with Gasteiger partial charge in [-0.15, -0.1) is 10.2 Å². The van der Waals surface area contributed by atoms with Crippen molar-refractivity contribution < 1.29 is 28.2 Å². The van der Waals surface area contributed by atoms with E-state index in [9.17, 15) is 9.59 Å². The molecule has 0 aliphatic heterocycles. The molecule has 5 rings (SSSR count). The molecule has 43 heavy (non-hydrogen) atoms. The topological polar surface area (TPSA) is 134 Å². The molecule has 1 fully saturated rings. The first-order chi connectivity index (χ1) is 20.9. The summed E-state index contributed by atoms with van der Waals surface area (Å²) in [4.78, 5) is 30.6. The van der Waals surface area contributed by atoms with Crippen LogP contribution in [0.2, 0.25) is 0 Å². The Morgan fingerprint density at radius 3 is 2.40 bits per heavy atom. The van der Waals surface area contributed by atoms with Crippen molar-refractivity contribution in [1.29, 1.82) is 0 Å². The molecule has 12 heteroatoms. The van der Waals surface area contributed by atoms with Gasteiger partial charge in [0.15, 0.2) is 17.5 Å². The number of methoxy groups -OCH3 is 3. The minimum atomic E-state index is -1.00. The summed E-state index contributed by atoms with van der Waals surface area (Å²) in [6, 6.07) is 15.2. The average Bonchev–Trinajstić information content (AvgIpc) is 3.80. The van der Waals surface area contributed by atoms with E-state index in [4.69, 9.17) is 18.6 Å². The van der Waals surface area contributed by atoms with Crippen molar-refractivity contribution in [2.24, 2.45) is 0 Å². The summed E-state index contributed by atoms with van der Waals surface area (Å²) in [5, 5.41) is 15.9. The minimum absolute atomic E-state index is 0.0602. The Labute approximate surface area is 249 Å². The molecule has 1 N–H and O–H groups in total. The number of carbonyl (C=O) groups excluding carboxylic acids is 2. The van der Waals surface area contributed by atoms with Crippen molar-refractivity contribution in [3.63, 3.8) is 0 Å². The third-order valence-electron chi connectivity index (χ3n) is 7.50. The summed E-state index contributed by atoms with van der Waals surface area (Å²) in [5.41, 5.74) is 1.46. The predicted molar refractivity (Wildman–Crippen MR) is 156 cm³/mol. The number of rotatable bonds is 12. The lowest BCUT2D eigenvalue weighted by atomic mass is 10.1. The van der Waals surface area contributed by atoms with E-state index in [1.165, 1.54) is 9.70 Å². The van der Waals surface area contributed by atoms with E-state index in [0.717, 1.165) is 31.2 Å². The standard InChI is InChI=1S/C31H36N6O6/c1-20-9-15-26(43-20)29(31(39)32-23-7-5-6-8-23)36(18-21-10-13-24(40-2)14-11-21)28(38)19-37-34-30(33-35-37)22-12-16-25(41-3)27(17-22)42-4/h9-17,23,29H,5-8,18-19H2,1-4H3,(H,32,39)/t29-/m0/s1. The largest absolute Gasteiger partial charge is 0.497 e. The quantitative estimate of drug-likeness (QED) is 0.260. The highest BCUT2D eigenvalue weighted by Gasteiger charge is 2.36. The van der Waals surface area contributed by atoms with Crippen LogP contribution in [0.25, 0.3) is 11.4 Å². The normalized spacial score (nSPS) is 13.9. The van der Waals surface area contributed by atoms with Gasteiger partial charge in [-0.25, -0.2) is 0 Å². The first-order valence-corrected chi connectivity index (χ1v) is 14.2. The van der Waals surface area contributed by atoms with Crippen LogP contribution in [0.4, 0.5) is 0 Å². The number of nitrogens with zero attached hydrogens (tertiary/aromatic N) is 5. The Kier molecular flexibility index (Phi) is 9.23. The first-order valence-electron chi connectivity index (χ1n) is 14.2. The monoisotopic (exact) mass is 588 g/mol. The molecule has 0 spiro atoms. The Balaban J connectivity index is 1.45. The zero-order valence-electron chi connectivity index (χ0n) is 24.8. The van der Waals surface area contributed by atoms with E-state index in [2.05, 4.69) is 20.7 Å². The van der Waals surface area contributed by atoms with Crippen molar-refractivity contribution in [2.45, 2.75) is 57.8 Å². The van der Waals surface area contributed by atoms with Crippen LogP contribution < -0.4 is 19.5 Å². The smallest absolute Gasteiger partial charge is 0.250 e. The molecule has 2 aromatic carbocycles. The van der Waals surface area contributed by atoms with Crippen molar-refractivity contribution in [2.75, 3.05) is 21.3 Å². The summed E-state index contributed by atoms with van der Waals surface area (Å²) < 4.78 is 21.9. The third kappa shape index (κ3) is 6.96. The average molecular weight is 589 g/mol. The highest BCUT2D eigenvalue weighted by atomic mass is 16.5. The number of aromatic nitrogens is 4. The first kappa shape index (κ1) is 29.6. The predicted octanol–water partition coefficient (Wildman–Crippen LogP) is 4.10. The molecular formula is C31H36N6O6. The molecule has 0 unspecified atom stereocenters. The van der Waals surface area contributed by atoms with Gasteiger partial charge < -0.3 is 28.8 Å². The zero-order chi connectivity index (χ0) is 30.3. The maximum atomic E-state index is 14.0. The van der Waals surface area contributed by atoms with Gasteiger partial charge in [0.05, 0.1) is 21.3 Å². The van der Waals surface area contributed by atoms with Gasteiger partial charge in [0.25, 0.3) is 5.91 Å². The van der Waals surface area contributed by atoms with Gasteiger partial charge in [-0.1, -0.05) is 25.0 Å². The zero-order valence-corrected chi connectivity index (χ0v) is 24.8. The minimum Gasteiger partial charge on any atom is -0.497 e. The molecule has 1 atom stereocenters. The highest BCUT2D eigenvalue weighted by Crippen LogP contribution is 2.31. The van der Waals surface area contributed by atoms with Crippen molar-refractivity contribution in [3.8, 4) is 28.6 Å². The van der Waals surface area contributed by atoms with Crippen LogP contribution in [0.5, 0.6) is 17.2 Å². The van der Waals surface area contributed by atoms with Gasteiger partial charge in [-0.3, -0.25) is 9.59 Å². The number of amides is 2. The fourth-order valence-corrected chi connectivity index (χ4v) is 5.24. The maximum Gasteiger partial charge on any atom is 0.250 e. The lowest BCUT2D eigenvalue weighted by Gasteiger charge is -2.30. The van der Waals surface area contributed by atoms with Gasteiger partial charge in [-0.2, -0.15) is 4.80 Å². The Bertz CT molecular complexity index is 1540. The molecule has 0 saturated heterocycles. The number of furan rings is 1. The fourth-order valence-electron chi connectivity index (χ4n) is 5.24.